The van der Waals surface area contributed by atoms with E-state index in [1.54, 1.807) is 7.11 Å². The number of imidazole rings is 1. The number of methoxy groups -OCH3 is 1. The average molecular weight is 382 g/mol. The van der Waals surface area contributed by atoms with Crippen LogP contribution in [-0.4, -0.2) is 29.6 Å². The van der Waals surface area contributed by atoms with Gasteiger partial charge in [0.15, 0.2) is 0 Å². The third-order valence-electron chi connectivity index (χ3n) is 7.42. The van der Waals surface area contributed by atoms with E-state index in [-0.39, 0.29) is 5.91 Å². The maximum atomic E-state index is 12.8. The molecule has 1 aromatic heterocycles. The Morgan fingerprint density at radius 3 is 2.64 bits per heavy atom. The second-order valence-corrected chi connectivity index (χ2v) is 9.36. The van der Waals surface area contributed by atoms with Gasteiger partial charge >= 0.3 is 0 Å². The minimum atomic E-state index is 0.177. The summed E-state index contributed by atoms with van der Waals surface area (Å²) >= 11 is 0. The summed E-state index contributed by atoms with van der Waals surface area (Å²) in [4.78, 5) is 20.8. The van der Waals surface area contributed by atoms with Gasteiger partial charge < -0.3 is 15.0 Å². The molecule has 0 saturated heterocycles. The van der Waals surface area contributed by atoms with Crippen LogP contribution in [0.1, 0.15) is 50.8 Å². The van der Waals surface area contributed by atoms with Gasteiger partial charge in [-0.3, -0.25) is 4.79 Å². The van der Waals surface area contributed by atoms with E-state index in [0.717, 1.165) is 65.7 Å². The fraction of sp³-hybridized carbons (Fsp3) is 0.652. The Balaban J connectivity index is 1.22. The molecule has 2 aromatic rings. The number of carbonyl (C=O) groups is 1. The zero-order valence-electron chi connectivity index (χ0n) is 16.7. The van der Waals surface area contributed by atoms with Crippen LogP contribution in [0.25, 0.3) is 11.0 Å². The van der Waals surface area contributed by atoms with Gasteiger partial charge in [0.2, 0.25) is 5.91 Å². The number of rotatable bonds is 7. The number of anilines is 1. The van der Waals surface area contributed by atoms with Gasteiger partial charge in [-0.25, -0.2) is 4.98 Å². The number of benzene rings is 1. The van der Waals surface area contributed by atoms with Crippen LogP contribution in [0.15, 0.2) is 18.2 Å². The number of hydrogen-bond donors (Lipinski definition) is 2. The molecule has 1 aromatic carbocycles. The molecule has 6 rings (SSSR count). The number of aromatic amines is 1. The molecule has 150 valence electrons. The highest BCUT2D eigenvalue weighted by molar-refractivity contribution is 5.93. The van der Waals surface area contributed by atoms with Crippen molar-refractivity contribution in [3.63, 3.8) is 0 Å². The van der Waals surface area contributed by atoms with Gasteiger partial charge in [0.05, 0.1) is 11.0 Å². The van der Waals surface area contributed by atoms with E-state index in [9.17, 15) is 4.79 Å². The zero-order chi connectivity index (χ0) is 19.1. The Labute approximate surface area is 166 Å². The molecule has 4 bridgehead atoms. The molecule has 0 spiro atoms. The topological polar surface area (TPSA) is 67.0 Å². The summed E-state index contributed by atoms with van der Waals surface area (Å²) < 4.78 is 5.11. The molecule has 0 radical (unpaired) electrons. The van der Waals surface area contributed by atoms with E-state index < -0.39 is 0 Å². The second kappa shape index (κ2) is 7.51. The Hall–Kier alpha value is -1.88. The van der Waals surface area contributed by atoms with Gasteiger partial charge in [-0.05, 0) is 86.3 Å². The minimum Gasteiger partial charge on any atom is -0.385 e. The van der Waals surface area contributed by atoms with Gasteiger partial charge in [0.25, 0.3) is 0 Å². The maximum absolute atomic E-state index is 12.8. The van der Waals surface area contributed by atoms with Crippen molar-refractivity contribution in [1.82, 2.24) is 9.97 Å². The molecule has 5 nitrogen and oxygen atoms in total. The number of ether oxygens (including phenoxy) is 1. The van der Waals surface area contributed by atoms with Gasteiger partial charge in [0.1, 0.15) is 5.82 Å². The third-order valence-corrected chi connectivity index (χ3v) is 7.42. The summed E-state index contributed by atoms with van der Waals surface area (Å²) in [6, 6.07) is 5.97. The van der Waals surface area contributed by atoms with Crippen LogP contribution >= 0.6 is 0 Å². The summed E-state index contributed by atoms with van der Waals surface area (Å²) in [5.41, 5.74) is 2.81. The van der Waals surface area contributed by atoms with Crippen molar-refractivity contribution < 1.29 is 9.53 Å². The van der Waals surface area contributed by atoms with Gasteiger partial charge in [-0.15, -0.1) is 0 Å². The van der Waals surface area contributed by atoms with Crippen LogP contribution in [-0.2, 0) is 16.0 Å². The molecule has 28 heavy (non-hydrogen) atoms. The van der Waals surface area contributed by atoms with E-state index in [0.29, 0.717) is 12.3 Å². The van der Waals surface area contributed by atoms with Crippen LogP contribution in [0.5, 0.6) is 0 Å². The largest absolute Gasteiger partial charge is 0.385 e. The molecular formula is C23H31N3O2. The first kappa shape index (κ1) is 18.2. The standard InChI is InChI=1S/C23H31N3O2/c1-28-6-2-3-22-25-20-5-4-18(12-21(20)26-22)24-23(27)13-19-16-8-14-7-15(10-16)11-17(19)9-14/h4-5,12,14-17,19H,2-3,6-11,13H2,1H3,(H,24,27)(H,25,26). The van der Waals surface area contributed by atoms with Crippen LogP contribution in [0.2, 0.25) is 0 Å². The number of nitrogens with one attached hydrogen (secondary N) is 2. The van der Waals surface area contributed by atoms with Gasteiger partial charge in [-0.2, -0.15) is 0 Å². The lowest BCUT2D eigenvalue weighted by Gasteiger charge is -2.54. The summed E-state index contributed by atoms with van der Waals surface area (Å²) in [5.74, 6) is 5.28. The zero-order valence-corrected chi connectivity index (χ0v) is 16.7. The number of nitrogens with zero attached hydrogens (tertiary/aromatic N) is 1. The fourth-order valence-electron chi connectivity index (χ4n) is 6.44. The Bertz CT molecular complexity index is 831. The van der Waals surface area contributed by atoms with Gasteiger partial charge in [0, 0.05) is 32.2 Å². The van der Waals surface area contributed by atoms with Gasteiger partial charge in [-0.1, -0.05) is 0 Å². The van der Waals surface area contributed by atoms with Crippen molar-refractivity contribution in [2.75, 3.05) is 19.0 Å². The number of aromatic nitrogens is 2. The van der Waals surface area contributed by atoms with Crippen LogP contribution < -0.4 is 5.32 Å². The highest BCUT2D eigenvalue weighted by Crippen LogP contribution is 2.57. The van der Waals surface area contributed by atoms with Crippen molar-refractivity contribution in [3.8, 4) is 0 Å². The number of fused-ring (bicyclic) bond motifs is 1. The molecule has 4 aliphatic rings. The van der Waals surface area contributed by atoms with E-state index in [1.165, 1.54) is 32.1 Å². The van der Waals surface area contributed by atoms with Crippen molar-refractivity contribution >= 4 is 22.6 Å². The quantitative estimate of drug-likeness (QED) is 0.692. The van der Waals surface area contributed by atoms with Crippen LogP contribution in [0.4, 0.5) is 5.69 Å². The molecule has 4 saturated carbocycles. The Kier molecular flexibility index (Phi) is 4.87. The number of H-pyrrole nitrogens is 1. The molecule has 4 fully saturated rings. The highest BCUT2D eigenvalue weighted by atomic mass is 16.5. The first-order valence-corrected chi connectivity index (χ1v) is 11.0. The van der Waals surface area contributed by atoms with Crippen molar-refractivity contribution in [1.29, 1.82) is 0 Å². The van der Waals surface area contributed by atoms with E-state index in [1.807, 2.05) is 18.2 Å². The highest BCUT2D eigenvalue weighted by Gasteiger charge is 2.48. The SMILES string of the molecule is COCCCc1nc2ccc(NC(=O)CC3C4CC5CC(C4)CC3C5)cc2[nH]1. The second-order valence-electron chi connectivity index (χ2n) is 9.36. The number of carbonyl (C=O) groups excluding carboxylic acids is 1. The Morgan fingerprint density at radius 2 is 1.93 bits per heavy atom. The molecule has 1 amide bonds. The molecule has 4 aliphatic carbocycles. The molecule has 0 aliphatic heterocycles. The Morgan fingerprint density at radius 1 is 1.18 bits per heavy atom. The van der Waals surface area contributed by atoms with E-state index >= 15 is 0 Å². The van der Waals surface area contributed by atoms with Crippen molar-refractivity contribution in [3.05, 3.63) is 24.0 Å². The van der Waals surface area contributed by atoms with Crippen LogP contribution in [0, 0.1) is 29.6 Å². The number of aryl methyl sites for hydroxylation is 1. The summed E-state index contributed by atoms with van der Waals surface area (Å²) in [6.45, 7) is 0.739. The number of amides is 1. The molecule has 2 N–H and O–H groups in total. The third kappa shape index (κ3) is 3.57. The predicted molar refractivity (Wildman–Crippen MR) is 110 cm³/mol. The minimum absolute atomic E-state index is 0.177. The predicted octanol–water partition coefficient (Wildman–Crippen LogP) is 4.54. The summed E-state index contributed by atoms with van der Waals surface area (Å²) in [7, 11) is 1.72. The van der Waals surface area contributed by atoms with E-state index in [2.05, 4.69) is 15.3 Å². The molecule has 5 heteroatoms. The lowest BCUT2D eigenvalue weighted by atomic mass is 9.51. The molecule has 1 heterocycles. The first-order chi connectivity index (χ1) is 13.7. The lowest BCUT2D eigenvalue weighted by molar-refractivity contribution is -0.121. The summed E-state index contributed by atoms with van der Waals surface area (Å²) in [6.07, 6.45) is 9.46. The first-order valence-electron chi connectivity index (χ1n) is 11.0. The lowest BCUT2D eigenvalue weighted by Crippen LogP contribution is -2.46. The van der Waals surface area contributed by atoms with Crippen molar-refractivity contribution in [2.45, 2.75) is 51.4 Å². The summed E-state index contributed by atoms with van der Waals surface area (Å²) in [5, 5.41) is 3.15. The smallest absolute Gasteiger partial charge is 0.224 e. The van der Waals surface area contributed by atoms with Crippen molar-refractivity contribution in [2.24, 2.45) is 29.6 Å². The number of hydrogen-bond acceptors (Lipinski definition) is 3. The fourth-order valence-corrected chi connectivity index (χ4v) is 6.44. The van der Waals surface area contributed by atoms with Crippen LogP contribution in [0.3, 0.4) is 0 Å². The molecule has 0 unspecified atom stereocenters. The average Bonchev–Trinajstić information content (AvgIpc) is 3.06. The maximum Gasteiger partial charge on any atom is 0.224 e. The van der Waals surface area contributed by atoms with E-state index in [4.69, 9.17) is 4.74 Å². The molecular weight excluding hydrogens is 350 g/mol. The normalized spacial score (nSPS) is 30.8. The molecule has 0 atom stereocenters. The monoisotopic (exact) mass is 381 g/mol.